The summed E-state index contributed by atoms with van der Waals surface area (Å²) in [6.45, 7) is 0. The minimum Gasteiger partial charge on any atom is -0.477 e. The smallest absolute Gasteiger partial charge is 0.341 e. The molecule has 4 nitrogen and oxygen atoms in total. The molecule has 0 aromatic carbocycles. The second-order valence-corrected chi connectivity index (χ2v) is 4.00. The summed E-state index contributed by atoms with van der Waals surface area (Å²) >= 11 is 1.18. The van der Waals surface area contributed by atoms with Gasteiger partial charge in [0.2, 0.25) is 5.91 Å². The zero-order valence-corrected chi connectivity index (χ0v) is 7.38. The van der Waals surface area contributed by atoms with Crippen LogP contribution in [-0.2, 0) is 9.59 Å². The SMILES string of the molecule is O=C1C=CC2C=C(C(=O)O)SC2N1. The average Bonchev–Trinajstić information content (AvgIpc) is 2.46. The highest BCUT2D eigenvalue weighted by Crippen LogP contribution is 2.36. The normalized spacial score (nSPS) is 30.8. The standard InChI is InChI=1S/C8H7NO3S/c10-6-2-1-4-3-5(8(11)12)13-7(4)9-6/h1-4,7H,(H,9,10)(H,11,12). The Morgan fingerprint density at radius 2 is 2.38 bits per heavy atom. The average molecular weight is 197 g/mol. The van der Waals surface area contributed by atoms with Gasteiger partial charge in [0.05, 0.1) is 10.3 Å². The van der Waals surface area contributed by atoms with Crippen molar-refractivity contribution >= 4 is 23.6 Å². The van der Waals surface area contributed by atoms with Gasteiger partial charge in [-0.05, 0) is 6.08 Å². The van der Waals surface area contributed by atoms with Gasteiger partial charge in [-0.15, -0.1) is 0 Å². The van der Waals surface area contributed by atoms with E-state index in [1.807, 2.05) is 0 Å². The third-order valence-corrected chi connectivity index (χ3v) is 3.16. The molecule has 5 heteroatoms. The highest BCUT2D eigenvalue weighted by molar-refractivity contribution is 8.04. The number of carboxylic acid groups (broad SMARTS) is 1. The van der Waals surface area contributed by atoms with Gasteiger partial charge in [0, 0.05) is 5.92 Å². The molecule has 2 aliphatic rings. The Morgan fingerprint density at radius 3 is 3.08 bits per heavy atom. The number of fused-ring (bicyclic) bond motifs is 1. The lowest BCUT2D eigenvalue weighted by Gasteiger charge is -2.19. The summed E-state index contributed by atoms with van der Waals surface area (Å²) in [7, 11) is 0. The first-order valence-corrected chi connectivity index (χ1v) is 4.65. The van der Waals surface area contributed by atoms with E-state index < -0.39 is 5.97 Å². The Balaban J connectivity index is 2.19. The molecule has 2 N–H and O–H groups in total. The summed E-state index contributed by atoms with van der Waals surface area (Å²) in [6, 6.07) is 0. The Labute approximate surface area is 78.7 Å². The minimum absolute atomic E-state index is 0.0220. The van der Waals surface area contributed by atoms with Crippen molar-refractivity contribution in [1.82, 2.24) is 5.32 Å². The predicted molar refractivity (Wildman–Crippen MR) is 47.9 cm³/mol. The molecular weight excluding hydrogens is 190 g/mol. The molecule has 0 saturated heterocycles. The first-order valence-electron chi connectivity index (χ1n) is 3.77. The van der Waals surface area contributed by atoms with Gasteiger partial charge in [-0.1, -0.05) is 23.9 Å². The van der Waals surface area contributed by atoms with Gasteiger partial charge in [-0.25, -0.2) is 4.79 Å². The number of nitrogens with one attached hydrogen (secondary N) is 1. The molecule has 1 amide bonds. The van der Waals surface area contributed by atoms with E-state index in [1.165, 1.54) is 17.8 Å². The first kappa shape index (κ1) is 8.37. The summed E-state index contributed by atoms with van der Waals surface area (Å²) < 4.78 is 0. The highest BCUT2D eigenvalue weighted by Gasteiger charge is 2.32. The maximum Gasteiger partial charge on any atom is 0.341 e. The van der Waals surface area contributed by atoms with E-state index in [9.17, 15) is 9.59 Å². The fourth-order valence-corrected chi connectivity index (χ4v) is 2.42. The second-order valence-electron chi connectivity index (χ2n) is 2.82. The van der Waals surface area contributed by atoms with Crippen LogP contribution in [-0.4, -0.2) is 22.4 Å². The fraction of sp³-hybridized carbons (Fsp3) is 0.250. The maximum absolute atomic E-state index is 10.9. The molecule has 68 valence electrons. The topological polar surface area (TPSA) is 66.4 Å². The monoisotopic (exact) mass is 197 g/mol. The molecule has 2 aliphatic heterocycles. The third kappa shape index (κ3) is 1.47. The van der Waals surface area contributed by atoms with Crippen LogP contribution in [0.1, 0.15) is 0 Å². The van der Waals surface area contributed by atoms with Gasteiger partial charge in [-0.2, -0.15) is 0 Å². The predicted octanol–water partition coefficient (Wildman–Crippen LogP) is 0.330. The summed E-state index contributed by atoms with van der Waals surface area (Å²) in [6.07, 6.45) is 4.82. The maximum atomic E-state index is 10.9. The van der Waals surface area contributed by atoms with Crippen LogP contribution in [0.25, 0.3) is 0 Å². The lowest BCUT2D eigenvalue weighted by atomic mass is 10.1. The Hall–Kier alpha value is -1.23. The van der Waals surface area contributed by atoms with Crippen LogP contribution in [0.5, 0.6) is 0 Å². The van der Waals surface area contributed by atoms with Crippen molar-refractivity contribution in [2.75, 3.05) is 0 Å². The summed E-state index contributed by atoms with van der Waals surface area (Å²) in [4.78, 5) is 21.8. The van der Waals surface area contributed by atoms with E-state index in [0.717, 1.165) is 0 Å². The largest absolute Gasteiger partial charge is 0.477 e. The molecule has 0 spiro atoms. The molecular formula is C8H7NO3S. The van der Waals surface area contributed by atoms with E-state index in [4.69, 9.17) is 5.11 Å². The van der Waals surface area contributed by atoms with Gasteiger partial charge in [0.1, 0.15) is 0 Å². The van der Waals surface area contributed by atoms with Crippen LogP contribution < -0.4 is 5.32 Å². The number of hydrogen-bond acceptors (Lipinski definition) is 3. The number of rotatable bonds is 1. The first-order chi connectivity index (χ1) is 6.16. The highest BCUT2D eigenvalue weighted by atomic mass is 32.2. The van der Waals surface area contributed by atoms with Gasteiger partial charge < -0.3 is 10.4 Å². The van der Waals surface area contributed by atoms with Gasteiger partial charge in [0.15, 0.2) is 0 Å². The Kier molecular flexibility index (Phi) is 1.88. The molecule has 0 bridgehead atoms. The fourth-order valence-electron chi connectivity index (χ4n) is 1.31. The number of carbonyl (C=O) groups excluding carboxylic acids is 1. The summed E-state index contributed by atoms with van der Waals surface area (Å²) in [5.74, 6) is -1.07. The van der Waals surface area contributed by atoms with Crippen LogP contribution >= 0.6 is 11.8 Å². The molecule has 2 unspecified atom stereocenters. The van der Waals surface area contributed by atoms with E-state index >= 15 is 0 Å². The van der Waals surface area contributed by atoms with Crippen LogP contribution in [0.2, 0.25) is 0 Å². The second kappa shape index (κ2) is 2.92. The lowest BCUT2D eigenvalue weighted by molar-refractivity contribution is -0.131. The molecule has 13 heavy (non-hydrogen) atoms. The molecule has 2 heterocycles. The van der Waals surface area contributed by atoms with Crippen molar-refractivity contribution in [2.45, 2.75) is 5.37 Å². The summed E-state index contributed by atoms with van der Waals surface area (Å²) in [5.41, 5.74) is 0. The van der Waals surface area contributed by atoms with Crippen LogP contribution in [0, 0.1) is 5.92 Å². The number of carbonyl (C=O) groups is 2. The molecule has 2 rings (SSSR count). The van der Waals surface area contributed by atoms with Crippen LogP contribution in [0.3, 0.4) is 0 Å². The molecule has 2 atom stereocenters. The van der Waals surface area contributed by atoms with E-state index in [1.54, 1.807) is 12.2 Å². The van der Waals surface area contributed by atoms with Crippen molar-refractivity contribution in [3.8, 4) is 0 Å². The number of aliphatic carboxylic acids is 1. The van der Waals surface area contributed by atoms with Crippen molar-refractivity contribution in [2.24, 2.45) is 5.92 Å². The lowest BCUT2D eigenvalue weighted by Crippen LogP contribution is -2.37. The molecule has 0 aromatic rings. The molecule has 0 saturated carbocycles. The van der Waals surface area contributed by atoms with Crippen molar-refractivity contribution < 1.29 is 14.7 Å². The van der Waals surface area contributed by atoms with Crippen molar-refractivity contribution in [1.29, 1.82) is 0 Å². The molecule has 0 aliphatic carbocycles. The number of thioether (sulfide) groups is 1. The van der Waals surface area contributed by atoms with Crippen molar-refractivity contribution in [3.05, 3.63) is 23.1 Å². The minimum atomic E-state index is -0.929. The van der Waals surface area contributed by atoms with E-state index in [0.29, 0.717) is 4.91 Å². The Morgan fingerprint density at radius 1 is 1.62 bits per heavy atom. The van der Waals surface area contributed by atoms with Crippen LogP contribution in [0.4, 0.5) is 0 Å². The van der Waals surface area contributed by atoms with Crippen molar-refractivity contribution in [3.63, 3.8) is 0 Å². The number of hydrogen-bond donors (Lipinski definition) is 2. The quantitative estimate of drug-likeness (QED) is 0.635. The van der Waals surface area contributed by atoms with Crippen LogP contribution in [0.15, 0.2) is 23.1 Å². The van der Waals surface area contributed by atoms with Gasteiger partial charge in [0.25, 0.3) is 0 Å². The third-order valence-electron chi connectivity index (χ3n) is 1.91. The van der Waals surface area contributed by atoms with Gasteiger partial charge >= 0.3 is 5.97 Å². The zero-order valence-electron chi connectivity index (χ0n) is 6.56. The molecule has 0 aromatic heterocycles. The zero-order chi connectivity index (χ0) is 9.42. The number of amides is 1. The van der Waals surface area contributed by atoms with E-state index in [2.05, 4.69) is 5.32 Å². The Bertz CT molecular complexity index is 334. The number of carboxylic acids is 1. The summed E-state index contributed by atoms with van der Waals surface area (Å²) in [5, 5.41) is 11.2. The molecule has 0 radical (unpaired) electrons. The van der Waals surface area contributed by atoms with E-state index in [-0.39, 0.29) is 17.2 Å². The van der Waals surface area contributed by atoms with Gasteiger partial charge in [-0.3, -0.25) is 4.79 Å². The molecule has 0 fully saturated rings.